The molecule has 12 atom stereocenters. The summed E-state index contributed by atoms with van der Waals surface area (Å²) in [7, 11) is 0. The van der Waals surface area contributed by atoms with Gasteiger partial charge in [0.1, 0.15) is 60.4 Å². The first kappa shape index (κ1) is 73.7. The van der Waals surface area contributed by atoms with Crippen molar-refractivity contribution in [2.45, 2.75) is 152 Å². The first-order chi connectivity index (χ1) is 42.8. The SMILES string of the molecule is CC(C)CC1NC(=O)C(Cc2ccccc2)NC(=O)[C@H](CCN)NC(=O)C(NC(=O)[C@H](CCN)NC(=O)[C@@H](NC(=O)[C@H](CCN)NC(=O)c2ccc(=O)n(-c3ccccc3)c2)[C@@H](C)O)CCNC(=O)[C@H]([C@@H](C)O)NC(=O)[C@H](CCN)NC(=O)C(CCN)NC1=O. The van der Waals surface area contributed by atoms with Crippen molar-refractivity contribution < 1.29 is 63.0 Å². The quantitative estimate of drug-likeness (QED) is 0.0375. The first-order valence-electron chi connectivity index (χ1n) is 29.9. The fourth-order valence-electron chi connectivity index (χ4n) is 9.52. The van der Waals surface area contributed by atoms with Crippen molar-refractivity contribution in [3.8, 4) is 5.69 Å². The van der Waals surface area contributed by atoms with Crippen molar-refractivity contribution in [2.75, 3.05) is 39.3 Å². The minimum atomic E-state index is -1.80. The van der Waals surface area contributed by atoms with E-state index in [-0.39, 0.29) is 89.2 Å². The number of rotatable bonds is 25. The van der Waals surface area contributed by atoms with Crippen molar-refractivity contribution in [1.29, 1.82) is 0 Å². The van der Waals surface area contributed by atoms with E-state index in [1.807, 2.05) is 0 Å². The average Bonchev–Trinajstić information content (AvgIpc) is 2.82. The van der Waals surface area contributed by atoms with Gasteiger partial charge in [0.15, 0.2) is 0 Å². The van der Waals surface area contributed by atoms with Gasteiger partial charge in [-0.15, -0.1) is 0 Å². The highest BCUT2D eigenvalue weighted by Gasteiger charge is 2.38. The van der Waals surface area contributed by atoms with E-state index >= 15 is 0 Å². The van der Waals surface area contributed by atoms with Crippen LogP contribution in [-0.4, -0.2) is 192 Å². The number of aliphatic hydroxyl groups is 2. The maximum Gasteiger partial charge on any atom is 0.255 e. The molecule has 1 aromatic heterocycles. The first-order valence-corrected chi connectivity index (χ1v) is 29.9. The van der Waals surface area contributed by atoms with E-state index < -0.39 is 156 Å². The number of hydrogen-bond donors (Lipinski definition) is 18. The van der Waals surface area contributed by atoms with Gasteiger partial charge in [0.25, 0.3) is 11.5 Å². The molecule has 2 heterocycles. The fourth-order valence-corrected chi connectivity index (χ4v) is 9.52. The maximum atomic E-state index is 14.6. The molecule has 2 aromatic carbocycles. The predicted octanol–water partition coefficient (Wildman–Crippen LogP) is -6.39. The van der Waals surface area contributed by atoms with E-state index in [2.05, 4.69) is 58.5 Å². The van der Waals surface area contributed by atoms with Gasteiger partial charge in [0, 0.05) is 30.9 Å². The number of amides is 11. The number of aliphatic hydroxyl groups excluding tert-OH is 2. The molecule has 31 heteroatoms. The lowest BCUT2D eigenvalue weighted by molar-refractivity contribution is -0.136. The van der Waals surface area contributed by atoms with E-state index in [4.69, 9.17) is 28.7 Å². The molecule has 4 unspecified atom stereocenters. The Balaban J connectivity index is 1.70. The minimum absolute atomic E-state index is 0.0164. The lowest BCUT2D eigenvalue weighted by Crippen LogP contribution is -2.62. The molecule has 1 aliphatic rings. The zero-order valence-electron chi connectivity index (χ0n) is 51.0. The molecule has 90 heavy (non-hydrogen) atoms. The Morgan fingerprint density at radius 2 is 1.03 bits per heavy atom. The molecule has 31 nitrogen and oxygen atoms in total. The van der Waals surface area contributed by atoms with E-state index in [1.54, 1.807) is 74.5 Å². The van der Waals surface area contributed by atoms with Gasteiger partial charge >= 0.3 is 0 Å². The Morgan fingerprint density at radius 3 is 1.56 bits per heavy atom. The summed E-state index contributed by atoms with van der Waals surface area (Å²) in [4.78, 5) is 168. The fraction of sp³-hybridized carbons (Fsp3) is 0.525. The van der Waals surface area contributed by atoms with Crippen molar-refractivity contribution >= 4 is 65.0 Å². The predicted molar refractivity (Wildman–Crippen MR) is 330 cm³/mol. The second kappa shape index (κ2) is 37.3. The van der Waals surface area contributed by atoms with E-state index in [0.717, 1.165) is 13.0 Å². The molecule has 0 aliphatic carbocycles. The number of nitrogens with zero attached hydrogens (tertiary/aromatic N) is 1. The summed E-state index contributed by atoms with van der Waals surface area (Å²) in [6, 6.07) is 4.01. The topological polar surface area (TPSA) is 513 Å². The van der Waals surface area contributed by atoms with Gasteiger partial charge in [0.05, 0.1) is 17.8 Å². The molecule has 11 amide bonds. The van der Waals surface area contributed by atoms with Crippen LogP contribution >= 0.6 is 0 Å². The summed E-state index contributed by atoms with van der Waals surface area (Å²) in [6.07, 6.45) is -3.64. The highest BCUT2D eigenvalue weighted by Crippen LogP contribution is 2.13. The normalized spacial score (nSPS) is 21.8. The number of carbonyl (C=O) groups is 11. The lowest BCUT2D eigenvalue weighted by Gasteiger charge is -2.29. The van der Waals surface area contributed by atoms with Crippen LogP contribution in [0.2, 0.25) is 0 Å². The van der Waals surface area contributed by atoms with E-state index in [0.29, 0.717) is 11.3 Å². The van der Waals surface area contributed by atoms with Crippen LogP contribution in [0, 0.1) is 5.92 Å². The number of benzene rings is 2. The van der Waals surface area contributed by atoms with E-state index in [1.165, 1.54) is 23.8 Å². The Morgan fingerprint density at radius 1 is 0.544 bits per heavy atom. The third-order valence-corrected chi connectivity index (χ3v) is 14.4. The van der Waals surface area contributed by atoms with Gasteiger partial charge in [-0.2, -0.15) is 0 Å². The maximum absolute atomic E-state index is 14.6. The van der Waals surface area contributed by atoms with Crippen molar-refractivity contribution in [2.24, 2.45) is 34.6 Å². The number of hydrogen-bond acceptors (Lipinski definition) is 19. The minimum Gasteiger partial charge on any atom is -0.391 e. The molecular weight excluding hydrogens is 1170 g/mol. The van der Waals surface area contributed by atoms with Gasteiger partial charge in [-0.05, 0) is 121 Å². The average molecular weight is 1260 g/mol. The van der Waals surface area contributed by atoms with Crippen LogP contribution in [0.25, 0.3) is 5.69 Å². The van der Waals surface area contributed by atoms with Crippen molar-refractivity contribution in [1.82, 2.24) is 63.1 Å². The van der Waals surface area contributed by atoms with Gasteiger partial charge in [-0.3, -0.25) is 62.1 Å². The van der Waals surface area contributed by atoms with Crippen LogP contribution in [0.3, 0.4) is 0 Å². The van der Waals surface area contributed by atoms with Crippen LogP contribution in [0.4, 0.5) is 0 Å². The third-order valence-electron chi connectivity index (χ3n) is 14.4. The highest BCUT2D eigenvalue weighted by molar-refractivity contribution is 6.00. The lowest BCUT2D eigenvalue weighted by atomic mass is 10.00. The second-order valence-electron chi connectivity index (χ2n) is 22.2. The third kappa shape index (κ3) is 23.0. The Labute approximate surface area is 521 Å². The van der Waals surface area contributed by atoms with Crippen LogP contribution in [0.5, 0.6) is 0 Å². The molecule has 4 rings (SSSR count). The molecule has 1 saturated heterocycles. The number of carbonyl (C=O) groups excluding carboxylic acids is 11. The molecule has 23 N–H and O–H groups in total. The van der Waals surface area contributed by atoms with E-state index in [9.17, 15) is 67.7 Å². The zero-order valence-corrected chi connectivity index (χ0v) is 51.0. The number of para-hydroxylation sites is 1. The Bertz CT molecular complexity index is 2970. The number of nitrogens with two attached hydrogens (primary N) is 5. The summed E-state index contributed by atoms with van der Waals surface area (Å²) in [5.41, 5.74) is 30.0. The Kier molecular flexibility index (Phi) is 30.6. The molecule has 0 bridgehead atoms. The molecular formula is C59H89N17O14. The van der Waals surface area contributed by atoms with Crippen LogP contribution in [-0.2, 0) is 54.4 Å². The van der Waals surface area contributed by atoms with Gasteiger partial charge in [0.2, 0.25) is 59.1 Å². The molecule has 0 saturated carbocycles. The smallest absolute Gasteiger partial charge is 0.255 e. The van der Waals surface area contributed by atoms with Crippen LogP contribution in [0.15, 0.2) is 83.8 Å². The molecule has 494 valence electrons. The molecule has 1 aliphatic heterocycles. The number of aromatic nitrogens is 1. The standard InChI is InChI=1S/C59H89N17O14/c1-32(2)29-44-56(87)69-38(17-23-60)50(81)68-42(21-27-64)55(86)74-47(33(3)77)58(89)65-28-22-43(53(84)67-39(18-24-61)52(83)73-45(57(88)72-44)30-35-11-7-5-8-12-35)70-51(82)40(19-25-62)71-59(90)48(34(4)78)75-54(85)41(20-26-63)66-49(80)36-15-16-46(79)76(31-36)37-13-9-6-10-14-37/h5-16,31-34,38-45,47-48,77-78H,17-30,60-64H2,1-4H3,(H,65,89)(H,66,80)(H,67,84)(H,68,81)(H,69,87)(H,70,82)(H,71,90)(H,72,88)(H,73,83)(H,74,86)(H,75,85)/t33-,34-,38?,39+,40+,41+,42+,43?,44?,45?,47+,48+/m1/s1. The van der Waals surface area contributed by atoms with Crippen molar-refractivity contribution in [3.05, 3.63) is 100 Å². The summed E-state index contributed by atoms with van der Waals surface area (Å²) in [5, 5.41) is 49.5. The second-order valence-corrected chi connectivity index (χ2v) is 22.2. The summed E-state index contributed by atoms with van der Waals surface area (Å²) in [6.45, 7) is 4.50. The molecule has 1 fully saturated rings. The molecule has 0 radical (unpaired) electrons. The summed E-state index contributed by atoms with van der Waals surface area (Å²) < 4.78 is 1.23. The number of nitrogens with one attached hydrogen (secondary N) is 11. The Hall–Kier alpha value is -8.72. The molecule has 0 spiro atoms. The molecule has 3 aromatic rings. The summed E-state index contributed by atoms with van der Waals surface area (Å²) >= 11 is 0. The largest absolute Gasteiger partial charge is 0.391 e. The summed E-state index contributed by atoms with van der Waals surface area (Å²) in [5.74, 6) is -10.7. The zero-order chi connectivity index (χ0) is 66.6. The van der Waals surface area contributed by atoms with Crippen molar-refractivity contribution in [3.63, 3.8) is 0 Å². The monoisotopic (exact) mass is 1260 g/mol. The van der Waals surface area contributed by atoms with Gasteiger partial charge in [-0.25, -0.2) is 0 Å². The van der Waals surface area contributed by atoms with Crippen LogP contribution in [0.1, 0.15) is 88.6 Å². The number of pyridine rings is 1. The van der Waals surface area contributed by atoms with Crippen LogP contribution < -0.4 is 92.7 Å². The highest BCUT2D eigenvalue weighted by atomic mass is 16.3. The van der Waals surface area contributed by atoms with Gasteiger partial charge in [-0.1, -0.05) is 62.4 Å². The van der Waals surface area contributed by atoms with Gasteiger partial charge < -0.3 is 97.4 Å².